The summed E-state index contributed by atoms with van der Waals surface area (Å²) >= 11 is 5.75. The van der Waals surface area contributed by atoms with Gasteiger partial charge in [-0.2, -0.15) is 0 Å². The summed E-state index contributed by atoms with van der Waals surface area (Å²) in [4.78, 5) is 24.9. The molecule has 0 fully saturated rings. The molecule has 0 aliphatic heterocycles. The second-order valence-electron chi connectivity index (χ2n) is 2.75. The van der Waals surface area contributed by atoms with Gasteiger partial charge >= 0.3 is 0 Å². The van der Waals surface area contributed by atoms with Crippen LogP contribution < -0.4 is 5.32 Å². The van der Waals surface area contributed by atoms with Crippen LogP contribution in [0, 0.1) is 0 Å². The van der Waals surface area contributed by atoms with E-state index in [-0.39, 0.29) is 10.6 Å². The monoisotopic (exact) mass is 238 g/mol. The molecular formula is C9H7ClN4O2. The lowest BCUT2D eigenvalue weighted by Gasteiger charge is -2.03. The predicted molar refractivity (Wildman–Crippen MR) is 57.9 cm³/mol. The maximum atomic E-state index is 11.5. The third-order valence-corrected chi connectivity index (χ3v) is 1.98. The highest BCUT2D eigenvalue weighted by Gasteiger charge is 2.11. The van der Waals surface area contributed by atoms with Gasteiger partial charge in [0.1, 0.15) is 6.54 Å². The van der Waals surface area contributed by atoms with E-state index < -0.39 is 18.4 Å². The fourth-order valence-electron chi connectivity index (χ4n) is 0.975. The number of rotatable bonds is 3. The second-order valence-corrected chi connectivity index (χ2v) is 3.15. The minimum Gasteiger partial charge on any atom is -0.292 e. The number of imide groups is 1. The number of hydrogen-bond donors (Lipinski definition) is 1. The van der Waals surface area contributed by atoms with E-state index in [9.17, 15) is 9.59 Å². The van der Waals surface area contributed by atoms with Crippen LogP contribution in [0.25, 0.3) is 10.4 Å². The first kappa shape index (κ1) is 12.0. The zero-order valence-corrected chi connectivity index (χ0v) is 8.81. The van der Waals surface area contributed by atoms with Crippen LogP contribution in [0.15, 0.2) is 29.4 Å². The van der Waals surface area contributed by atoms with Gasteiger partial charge in [0.15, 0.2) is 0 Å². The molecule has 0 bridgehead atoms. The highest BCUT2D eigenvalue weighted by molar-refractivity contribution is 6.34. The van der Waals surface area contributed by atoms with Crippen molar-refractivity contribution < 1.29 is 9.59 Å². The summed E-state index contributed by atoms with van der Waals surface area (Å²) in [5.41, 5.74) is 8.18. The lowest BCUT2D eigenvalue weighted by molar-refractivity contribution is -0.118. The van der Waals surface area contributed by atoms with Crippen molar-refractivity contribution in [2.75, 3.05) is 6.54 Å². The van der Waals surface area contributed by atoms with E-state index in [2.05, 4.69) is 10.0 Å². The largest absolute Gasteiger partial charge is 0.292 e. The SMILES string of the molecule is [N-]=[N+]=NCC(=O)NC(=O)c1ccccc1Cl. The first-order chi connectivity index (χ1) is 7.65. The van der Waals surface area contributed by atoms with Gasteiger partial charge in [-0.3, -0.25) is 14.9 Å². The van der Waals surface area contributed by atoms with Gasteiger partial charge in [0.2, 0.25) is 5.91 Å². The van der Waals surface area contributed by atoms with Crippen molar-refractivity contribution in [2.24, 2.45) is 5.11 Å². The summed E-state index contributed by atoms with van der Waals surface area (Å²) in [6.07, 6.45) is 0. The van der Waals surface area contributed by atoms with Gasteiger partial charge in [0.05, 0.1) is 10.6 Å². The number of nitrogens with zero attached hydrogens (tertiary/aromatic N) is 3. The number of halogens is 1. The molecule has 2 amide bonds. The third-order valence-electron chi connectivity index (χ3n) is 1.65. The highest BCUT2D eigenvalue weighted by atomic mass is 35.5. The summed E-state index contributed by atoms with van der Waals surface area (Å²) in [6.45, 7) is -0.424. The van der Waals surface area contributed by atoms with Crippen LogP contribution in [0.4, 0.5) is 0 Å². The number of azide groups is 1. The Morgan fingerprint density at radius 2 is 2.12 bits per heavy atom. The Bertz CT molecular complexity index is 468. The summed E-state index contributed by atoms with van der Waals surface area (Å²) in [5.74, 6) is -1.30. The number of carbonyl (C=O) groups excluding carboxylic acids is 2. The Kier molecular flexibility index (Phi) is 4.32. The van der Waals surface area contributed by atoms with Crippen LogP contribution in [0.5, 0.6) is 0 Å². The topological polar surface area (TPSA) is 94.9 Å². The molecule has 82 valence electrons. The average molecular weight is 239 g/mol. The minimum absolute atomic E-state index is 0.193. The lowest BCUT2D eigenvalue weighted by atomic mass is 10.2. The molecule has 1 rings (SSSR count). The highest BCUT2D eigenvalue weighted by Crippen LogP contribution is 2.14. The van der Waals surface area contributed by atoms with Crippen LogP contribution in [-0.2, 0) is 4.79 Å². The van der Waals surface area contributed by atoms with Crippen LogP contribution in [0.1, 0.15) is 10.4 Å². The van der Waals surface area contributed by atoms with E-state index in [1.165, 1.54) is 12.1 Å². The predicted octanol–water partition coefficient (Wildman–Crippen LogP) is 1.91. The van der Waals surface area contributed by atoms with E-state index >= 15 is 0 Å². The molecule has 7 heteroatoms. The lowest BCUT2D eigenvalue weighted by Crippen LogP contribution is -2.32. The van der Waals surface area contributed by atoms with Crippen LogP contribution in [0.3, 0.4) is 0 Å². The molecule has 1 N–H and O–H groups in total. The summed E-state index contributed by atoms with van der Waals surface area (Å²) in [5, 5.41) is 5.32. The molecule has 0 saturated carbocycles. The molecule has 0 aliphatic carbocycles. The molecule has 0 saturated heterocycles. The van der Waals surface area contributed by atoms with Crippen molar-refractivity contribution in [1.82, 2.24) is 5.32 Å². The first-order valence-electron chi connectivity index (χ1n) is 4.24. The van der Waals surface area contributed by atoms with E-state index in [1.807, 2.05) is 5.32 Å². The molecule has 0 aliphatic rings. The maximum absolute atomic E-state index is 11.5. The molecule has 0 heterocycles. The Morgan fingerprint density at radius 1 is 1.44 bits per heavy atom. The van der Waals surface area contributed by atoms with Gasteiger partial charge in [-0.1, -0.05) is 28.8 Å². The number of nitrogens with one attached hydrogen (secondary N) is 1. The van der Waals surface area contributed by atoms with Crippen molar-refractivity contribution >= 4 is 23.4 Å². The number of hydrogen-bond acceptors (Lipinski definition) is 3. The smallest absolute Gasteiger partial charge is 0.259 e. The van der Waals surface area contributed by atoms with Crippen LogP contribution in [0.2, 0.25) is 5.02 Å². The molecule has 1 aromatic rings. The van der Waals surface area contributed by atoms with Crippen molar-refractivity contribution in [2.45, 2.75) is 0 Å². The molecule has 0 aromatic heterocycles. The average Bonchev–Trinajstić information content (AvgIpc) is 2.26. The Balaban J connectivity index is 2.69. The standard InChI is InChI=1S/C9H7ClN4O2/c10-7-4-2-1-3-6(7)9(16)13-8(15)5-12-14-11/h1-4H,5H2,(H,13,15,16). The first-order valence-corrected chi connectivity index (χ1v) is 4.62. The van der Waals surface area contributed by atoms with Gasteiger partial charge in [-0.15, -0.1) is 0 Å². The second kappa shape index (κ2) is 5.75. The van der Waals surface area contributed by atoms with Crippen molar-refractivity contribution in [1.29, 1.82) is 0 Å². The summed E-state index contributed by atoms with van der Waals surface area (Å²) in [7, 11) is 0. The fourth-order valence-corrected chi connectivity index (χ4v) is 1.20. The van der Waals surface area contributed by atoms with E-state index in [0.29, 0.717) is 0 Å². The Labute approximate surface area is 95.8 Å². The third kappa shape index (κ3) is 3.27. The van der Waals surface area contributed by atoms with Gasteiger partial charge in [0.25, 0.3) is 5.91 Å². The summed E-state index contributed by atoms with van der Waals surface area (Å²) < 4.78 is 0. The molecule has 6 nitrogen and oxygen atoms in total. The molecule has 16 heavy (non-hydrogen) atoms. The number of benzene rings is 1. The van der Waals surface area contributed by atoms with Gasteiger partial charge in [-0.25, -0.2) is 0 Å². The number of carbonyl (C=O) groups is 2. The Hall–Kier alpha value is -2.04. The zero-order chi connectivity index (χ0) is 12.0. The van der Waals surface area contributed by atoms with Gasteiger partial charge < -0.3 is 0 Å². The number of amides is 2. The van der Waals surface area contributed by atoms with E-state index in [1.54, 1.807) is 12.1 Å². The molecular weight excluding hydrogens is 232 g/mol. The molecule has 1 aromatic carbocycles. The van der Waals surface area contributed by atoms with E-state index in [0.717, 1.165) is 0 Å². The van der Waals surface area contributed by atoms with Gasteiger partial charge in [0, 0.05) is 4.91 Å². The normalized spacial score (nSPS) is 9.06. The quantitative estimate of drug-likeness (QED) is 0.495. The Morgan fingerprint density at radius 3 is 2.75 bits per heavy atom. The fraction of sp³-hybridized carbons (Fsp3) is 0.111. The zero-order valence-electron chi connectivity index (χ0n) is 8.05. The van der Waals surface area contributed by atoms with Crippen molar-refractivity contribution in [3.63, 3.8) is 0 Å². The maximum Gasteiger partial charge on any atom is 0.259 e. The van der Waals surface area contributed by atoms with Crippen LogP contribution in [-0.4, -0.2) is 18.4 Å². The van der Waals surface area contributed by atoms with Gasteiger partial charge in [-0.05, 0) is 17.7 Å². The van der Waals surface area contributed by atoms with Crippen molar-refractivity contribution in [3.8, 4) is 0 Å². The van der Waals surface area contributed by atoms with Crippen LogP contribution >= 0.6 is 11.6 Å². The minimum atomic E-state index is -0.678. The molecule has 0 spiro atoms. The molecule has 0 atom stereocenters. The van der Waals surface area contributed by atoms with Crippen molar-refractivity contribution in [3.05, 3.63) is 45.3 Å². The van der Waals surface area contributed by atoms with E-state index in [4.69, 9.17) is 17.1 Å². The molecule has 0 radical (unpaired) electrons. The summed E-state index contributed by atoms with van der Waals surface area (Å²) in [6, 6.07) is 6.31. The molecule has 0 unspecified atom stereocenters.